The summed E-state index contributed by atoms with van der Waals surface area (Å²) in [4.78, 5) is 0. The number of benzene rings is 1. The molecule has 0 aliphatic rings. The molecule has 1 aromatic carbocycles. The van der Waals surface area contributed by atoms with Crippen LogP contribution in [0.3, 0.4) is 0 Å². The van der Waals surface area contributed by atoms with Crippen LogP contribution in [0.25, 0.3) is 0 Å². The minimum absolute atomic E-state index is 0.370. The van der Waals surface area contributed by atoms with Crippen molar-refractivity contribution in [1.82, 2.24) is 5.32 Å². The zero-order valence-electron chi connectivity index (χ0n) is 10.5. The Morgan fingerprint density at radius 2 is 1.69 bits per heavy atom. The molecule has 0 radical (unpaired) electrons. The lowest BCUT2D eigenvalue weighted by atomic mass is 9.99. The minimum Gasteiger partial charge on any atom is -0.309 e. The molecule has 0 aliphatic heterocycles. The van der Waals surface area contributed by atoms with Crippen LogP contribution in [-0.2, 0) is 0 Å². The molecule has 1 nitrogen and oxygen atoms in total. The van der Waals surface area contributed by atoms with Gasteiger partial charge in [-0.3, -0.25) is 0 Å². The van der Waals surface area contributed by atoms with E-state index in [0.29, 0.717) is 12.0 Å². The summed E-state index contributed by atoms with van der Waals surface area (Å²) in [5.74, 6) is 3.23. The minimum atomic E-state index is 0.370. The van der Waals surface area contributed by atoms with Crippen LogP contribution in [0, 0.1) is 12.3 Å². The molecule has 0 bridgehead atoms. The average molecular weight is 215 g/mol. The van der Waals surface area contributed by atoms with Crippen LogP contribution in [0.1, 0.15) is 50.3 Å². The van der Waals surface area contributed by atoms with Crippen LogP contribution in [0.2, 0.25) is 0 Å². The lowest BCUT2D eigenvalue weighted by Crippen LogP contribution is -2.19. The Morgan fingerprint density at radius 3 is 2.19 bits per heavy atom. The van der Waals surface area contributed by atoms with Gasteiger partial charge in [0, 0.05) is 19.0 Å². The third kappa shape index (κ3) is 3.72. The van der Waals surface area contributed by atoms with E-state index in [0.717, 1.165) is 13.0 Å². The maximum atomic E-state index is 5.22. The lowest BCUT2D eigenvalue weighted by Gasteiger charge is -2.14. The van der Waals surface area contributed by atoms with Gasteiger partial charge in [0.25, 0.3) is 0 Å². The second-order valence-corrected chi connectivity index (χ2v) is 4.45. The Balaban J connectivity index is 2.56. The van der Waals surface area contributed by atoms with E-state index in [-0.39, 0.29) is 0 Å². The molecule has 0 saturated heterocycles. The molecule has 86 valence electrons. The monoisotopic (exact) mass is 215 g/mol. The van der Waals surface area contributed by atoms with E-state index < -0.39 is 0 Å². The van der Waals surface area contributed by atoms with Crippen molar-refractivity contribution < 1.29 is 0 Å². The molecule has 1 heteroatoms. The zero-order valence-corrected chi connectivity index (χ0v) is 10.5. The van der Waals surface area contributed by atoms with Crippen molar-refractivity contribution in [3.63, 3.8) is 0 Å². The molecular weight excluding hydrogens is 194 g/mol. The van der Waals surface area contributed by atoms with Crippen LogP contribution in [0.4, 0.5) is 0 Å². The van der Waals surface area contributed by atoms with Crippen LogP contribution >= 0.6 is 0 Å². The van der Waals surface area contributed by atoms with Gasteiger partial charge in [0.05, 0.1) is 0 Å². The second kappa shape index (κ2) is 6.35. The van der Waals surface area contributed by atoms with Crippen molar-refractivity contribution in [2.45, 2.75) is 39.2 Å². The molecule has 1 unspecified atom stereocenters. The third-order valence-corrected chi connectivity index (χ3v) is 2.82. The summed E-state index contributed by atoms with van der Waals surface area (Å²) < 4.78 is 0. The summed E-state index contributed by atoms with van der Waals surface area (Å²) in [5, 5.41) is 3.41. The molecule has 0 spiro atoms. The number of terminal acetylenes is 1. The fourth-order valence-corrected chi connectivity index (χ4v) is 1.65. The van der Waals surface area contributed by atoms with E-state index in [2.05, 4.69) is 56.3 Å². The standard InChI is InChI=1S/C15H21N/c1-5-6-11-16-13(4)15-9-7-14(8-10-15)12(2)3/h1,7-10,12-13,16H,6,11H2,2-4H3. The lowest BCUT2D eigenvalue weighted by molar-refractivity contribution is 0.584. The molecule has 0 saturated carbocycles. The summed E-state index contributed by atoms with van der Waals surface area (Å²) in [6, 6.07) is 9.18. The number of rotatable bonds is 5. The highest BCUT2D eigenvalue weighted by Gasteiger charge is 2.04. The quantitative estimate of drug-likeness (QED) is 0.585. The van der Waals surface area contributed by atoms with Gasteiger partial charge in [-0.2, -0.15) is 0 Å². The highest BCUT2D eigenvalue weighted by atomic mass is 14.9. The first-order valence-electron chi connectivity index (χ1n) is 5.92. The highest BCUT2D eigenvalue weighted by Crippen LogP contribution is 2.18. The molecule has 0 heterocycles. The first-order chi connectivity index (χ1) is 7.65. The zero-order chi connectivity index (χ0) is 12.0. The van der Waals surface area contributed by atoms with Gasteiger partial charge in [0.15, 0.2) is 0 Å². The molecule has 0 fully saturated rings. The van der Waals surface area contributed by atoms with E-state index in [4.69, 9.17) is 6.42 Å². The van der Waals surface area contributed by atoms with Gasteiger partial charge in [-0.25, -0.2) is 0 Å². The predicted octanol–water partition coefficient (Wildman–Crippen LogP) is 3.48. The average Bonchev–Trinajstić information content (AvgIpc) is 2.29. The van der Waals surface area contributed by atoms with E-state index in [1.807, 2.05) is 0 Å². The third-order valence-electron chi connectivity index (χ3n) is 2.82. The normalized spacial score (nSPS) is 12.4. The van der Waals surface area contributed by atoms with Gasteiger partial charge in [0.2, 0.25) is 0 Å². The molecule has 1 atom stereocenters. The van der Waals surface area contributed by atoms with E-state index in [1.54, 1.807) is 0 Å². The fraction of sp³-hybridized carbons (Fsp3) is 0.467. The van der Waals surface area contributed by atoms with E-state index in [1.165, 1.54) is 11.1 Å². The summed E-state index contributed by atoms with van der Waals surface area (Å²) in [7, 11) is 0. The van der Waals surface area contributed by atoms with Crippen LogP contribution in [-0.4, -0.2) is 6.54 Å². The molecule has 1 aromatic rings. The largest absolute Gasteiger partial charge is 0.309 e. The Labute approximate surface area is 99.3 Å². The van der Waals surface area contributed by atoms with E-state index in [9.17, 15) is 0 Å². The topological polar surface area (TPSA) is 12.0 Å². The second-order valence-electron chi connectivity index (χ2n) is 4.45. The van der Waals surface area contributed by atoms with Crippen LogP contribution in [0.15, 0.2) is 24.3 Å². The van der Waals surface area contributed by atoms with Gasteiger partial charge in [0.1, 0.15) is 0 Å². The van der Waals surface area contributed by atoms with Crippen molar-refractivity contribution in [2.75, 3.05) is 6.54 Å². The molecule has 0 aliphatic carbocycles. The fourth-order valence-electron chi connectivity index (χ4n) is 1.65. The predicted molar refractivity (Wildman–Crippen MR) is 70.4 cm³/mol. The van der Waals surface area contributed by atoms with Crippen molar-refractivity contribution in [2.24, 2.45) is 0 Å². The highest BCUT2D eigenvalue weighted by molar-refractivity contribution is 5.26. The number of hydrogen-bond donors (Lipinski definition) is 1. The van der Waals surface area contributed by atoms with Gasteiger partial charge in [-0.05, 0) is 24.0 Å². The van der Waals surface area contributed by atoms with Crippen LogP contribution in [0.5, 0.6) is 0 Å². The maximum absolute atomic E-state index is 5.22. The van der Waals surface area contributed by atoms with Crippen molar-refractivity contribution in [3.05, 3.63) is 35.4 Å². The van der Waals surface area contributed by atoms with Gasteiger partial charge in [-0.1, -0.05) is 38.1 Å². The first kappa shape index (κ1) is 12.8. The van der Waals surface area contributed by atoms with Crippen molar-refractivity contribution >= 4 is 0 Å². The molecular formula is C15H21N. The Kier molecular flexibility index (Phi) is 5.08. The van der Waals surface area contributed by atoms with Gasteiger partial charge in [-0.15, -0.1) is 12.3 Å². The molecule has 16 heavy (non-hydrogen) atoms. The Hall–Kier alpha value is -1.26. The Morgan fingerprint density at radius 1 is 1.12 bits per heavy atom. The van der Waals surface area contributed by atoms with Crippen LogP contribution < -0.4 is 5.32 Å². The Bertz CT molecular complexity index is 343. The molecule has 1 N–H and O–H groups in total. The summed E-state index contributed by atoms with van der Waals surface area (Å²) in [5.41, 5.74) is 2.71. The first-order valence-corrected chi connectivity index (χ1v) is 5.92. The van der Waals surface area contributed by atoms with E-state index >= 15 is 0 Å². The SMILES string of the molecule is C#CCCNC(C)c1ccc(C(C)C)cc1. The van der Waals surface area contributed by atoms with Gasteiger partial charge >= 0.3 is 0 Å². The summed E-state index contributed by atoms with van der Waals surface area (Å²) in [6.45, 7) is 7.47. The smallest absolute Gasteiger partial charge is 0.0292 e. The van der Waals surface area contributed by atoms with Crippen molar-refractivity contribution in [1.29, 1.82) is 0 Å². The summed E-state index contributed by atoms with van der Waals surface area (Å²) in [6.07, 6.45) is 6.00. The summed E-state index contributed by atoms with van der Waals surface area (Å²) >= 11 is 0. The maximum Gasteiger partial charge on any atom is 0.0292 e. The number of hydrogen-bond acceptors (Lipinski definition) is 1. The number of nitrogens with one attached hydrogen (secondary N) is 1. The molecule has 0 aromatic heterocycles. The molecule has 1 rings (SSSR count). The van der Waals surface area contributed by atoms with Crippen molar-refractivity contribution in [3.8, 4) is 12.3 Å². The van der Waals surface area contributed by atoms with Gasteiger partial charge < -0.3 is 5.32 Å². The molecule has 0 amide bonds.